The van der Waals surface area contributed by atoms with Crippen molar-refractivity contribution in [2.45, 2.75) is 26.4 Å². The number of anilines is 1. The number of hydrogen-bond donors (Lipinski definition) is 2. The fourth-order valence-corrected chi connectivity index (χ4v) is 2.26. The van der Waals surface area contributed by atoms with Crippen LogP contribution in [0.2, 0.25) is 0 Å². The highest BCUT2D eigenvalue weighted by molar-refractivity contribution is 5.92. The highest BCUT2D eigenvalue weighted by atomic mass is 15.0. The lowest BCUT2D eigenvalue weighted by Crippen LogP contribution is -2.12. The maximum Gasteiger partial charge on any atom is 0.0506 e. The number of nitrogens with two attached hydrogens (primary N) is 1. The second-order valence-corrected chi connectivity index (χ2v) is 4.41. The first kappa shape index (κ1) is 11.0. The summed E-state index contributed by atoms with van der Waals surface area (Å²) >= 11 is 0. The normalized spacial score (nSPS) is 11.5. The second kappa shape index (κ2) is 4.18. The van der Waals surface area contributed by atoms with E-state index in [0.717, 1.165) is 17.6 Å². The molecule has 1 aromatic carbocycles. The molecular weight excluding hydrogens is 198 g/mol. The third-order valence-corrected chi connectivity index (χ3v) is 2.87. The molecule has 0 aliphatic heterocycles. The molecule has 0 spiro atoms. The number of hydrogen-bond acceptors (Lipinski definition) is 2. The molecule has 0 saturated carbocycles. The summed E-state index contributed by atoms with van der Waals surface area (Å²) in [7, 11) is 1.96. The van der Waals surface area contributed by atoms with Crippen LogP contribution in [0.15, 0.2) is 24.3 Å². The topological polar surface area (TPSA) is 43.0 Å². The van der Waals surface area contributed by atoms with E-state index >= 15 is 0 Å². The number of nitrogens with one attached hydrogen (secondary N) is 1. The van der Waals surface area contributed by atoms with E-state index in [4.69, 9.17) is 5.73 Å². The van der Waals surface area contributed by atoms with Crippen molar-refractivity contribution >= 4 is 16.6 Å². The largest absolute Gasteiger partial charge is 0.398 e. The minimum Gasteiger partial charge on any atom is -0.398 e. The van der Waals surface area contributed by atoms with Gasteiger partial charge in [0.1, 0.15) is 0 Å². The van der Waals surface area contributed by atoms with E-state index in [0.29, 0.717) is 6.04 Å². The first-order valence-corrected chi connectivity index (χ1v) is 5.68. The quantitative estimate of drug-likeness (QED) is 0.776. The Morgan fingerprint density at radius 3 is 2.75 bits per heavy atom. The Labute approximate surface area is 96.2 Å². The molecule has 0 aliphatic rings. The summed E-state index contributed by atoms with van der Waals surface area (Å²) in [5.41, 5.74) is 9.36. The highest BCUT2D eigenvalue weighted by Gasteiger charge is 2.11. The molecule has 1 aromatic heterocycles. The van der Waals surface area contributed by atoms with Crippen molar-refractivity contribution in [3.05, 3.63) is 30.0 Å². The molecule has 3 nitrogen and oxygen atoms in total. The Bertz CT molecular complexity index is 497. The first-order valence-electron chi connectivity index (χ1n) is 5.68. The van der Waals surface area contributed by atoms with Gasteiger partial charge in [-0.1, -0.05) is 6.07 Å². The third kappa shape index (κ3) is 1.67. The summed E-state index contributed by atoms with van der Waals surface area (Å²) in [4.78, 5) is 0. The number of benzene rings is 1. The Balaban J connectivity index is 2.70. The van der Waals surface area contributed by atoms with E-state index in [1.807, 2.05) is 19.2 Å². The van der Waals surface area contributed by atoms with Gasteiger partial charge in [0.25, 0.3) is 0 Å². The molecule has 0 atom stereocenters. The summed E-state index contributed by atoms with van der Waals surface area (Å²) < 4.78 is 2.34. The highest BCUT2D eigenvalue weighted by Crippen LogP contribution is 2.28. The molecule has 3 N–H and O–H groups in total. The van der Waals surface area contributed by atoms with Crippen molar-refractivity contribution in [1.29, 1.82) is 0 Å². The molecule has 3 heteroatoms. The van der Waals surface area contributed by atoms with Crippen LogP contribution in [-0.2, 0) is 6.54 Å². The first-order chi connectivity index (χ1) is 7.65. The van der Waals surface area contributed by atoms with Gasteiger partial charge in [0.2, 0.25) is 0 Å². The van der Waals surface area contributed by atoms with Crippen LogP contribution in [-0.4, -0.2) is 11.6 Å². The van der Waals surface area contributed by atoms with Crippen LogP contribution in [0.25, 0.3) is 10.9 Å². The monoisotopic (exact) mass is 217 g/mol. The minimum absolute atomic E-state index is 0.447. The van der Waals surface area contributed by atoms with Gasteiger partial charge in [-0.25, -0.2) is 0 Å². The zero-order valence-electron chi connectivity index (χ0n) is 10.1. The van der Waals surface area contributed by atoms with Gasteiger partial charge in [0.15, 0.2) is 0 Å². The molecule has 0 bridgehead atoms. The molecule has 16 heavy (non-hydrogen) atoms. The number of aromatic nitrogens is 1. The van der Waals surface area contributed by atoms with Crippen LogP contribution in [0.5, 0.6) is 0 Å². The predicted molar refractivity (Wildman–Crippen MR) is 69.5 cm³/mol. The standard InChI is InChI=1S/C13H19N3/c1-9(2)16-10(8-15-3)7-11-12(14)5-4-6-13(11)16/h4-7,9,15H,8,14H2,1-3H3. The van der Waals surface area contributed by atoms with E-state index in [2.05, 4.69) is 35.9 Å². The summed E-state index contributed by atoms with van der Waals surface area (Å²) in [6, 6.07) is 8.73. The van der Waals surface area contributed by atoms with Gasteiger partial charge in [0, 0.05) is 29.4 Å². The van der Waals surface area contributed by atoms with Crippen molar-refractivity contribution in [3.63, 3.8) is 0 Å². The van der Waals surface area contributed by atoms with Gasteiger partial charge in [-0.2, -0.15) is 0 Å². The van der Waals surface area contributed by atoms with Gasteiger partial charge in [-0.15, -0.1) is 0 Å². The average molecular weight is 217 g/mol. The zero-order chi connectivity index (χ0) is 11.7. The van der Waals surface area contributed by atoms with Crippen LogP contribution in [0.3, 0.4) is 0 Å². The van der Waals surface area contributed by atoms with Crippen LogP contribution < -0.4 is 11.1 Å². The molecule has 0 unspecified atom stereocenters. The average Bonchev–Trinajstić information content (AvgIpc) is 2.58. The van der Waals surface area contributed by atoms with E-state index in [9.17, 15) is 0 Å². The Morgan fingerprint density at radius 2 is 2.12 bits per heavy atom. The van der Waals surface area contributed by atoms with Crippen molar-refractivity contribution in [1.82, 2.24) is 9.88 Å². The lowest BCUT2D eigenvalue weighted by Gasteiger charge is -2.14. The Kier molecular flexibility index (Phi) is 2.88. The molecular formula is C13H19N3. The third-order valence-electron chi connectivity index (χ3n) is 2.87. The summed E-state index contributed by atoms with van der Waals surface area (Å²) in [5, 5.41) is 4.35. The van der Waals surface area contributed by atoms with E-state index in [1.54, 1.807) is 0 Å². The summed E-state index contributed by atoms with van der Waals surface area (Å²) in [6.45, 7) is 5.26. The van der Waals surface area contributed by atoms with Gasteiger partial charge in [-0.3, -0.25) is 0 Å². The van der Waals surface area contributed by atoms with E-state index in [1.165, 1.54) is 11.2 Å². The van der Waals surface area contributed by atoms with Gasteiger partial charge in [0.05, 0.1) is 5.52 Å². The number of nitrogens with zero attached hydrogens (tertiary/aromatic N) is 1. The lowest BCUT2D eigenvalue weighted by molar-refractivity contribution is 0.581. The zero-order valence-corrected chi connectivity index (χ0v) is 10.1. The van der Waals surface area contributed by atoms with Crippen LogP contribution >= 0.6 is 0 Å². The molecule has 86 valence electrons. The van der Waals surface area contributed by atoms with Crippen molar-refractivity contribution in [2.75, 3.05) is 12.8 Å². The maximum atomic E-state index is 6.00. The van der Waals surface area contributed by atoms with Crippen LogP contribution in [0.1, 0.15) is 25.6 Å². The molecule has 1 heterocycles. The molecule has 0 radical (unpaired) electrons. The van der Waals surface area contributed by atoms with Gasteiger partial charge >= 0.3 is 0 Å². The fraction of sp³-hybridized carbons (Fsp3) is 0.385. The Morgan fingerprint density at radius 1 is 1.38 bits per heavy atom. The van der Waals surface area contributed by atoms with E-state index in [-0.39, 0.29) is 0 Å². The smallest absolute Gasteiger partial charge is 0.0506 e. The molecule has 0 saturated heterocycles. The van der Waals surface area contributed by atoms with Gasteiger partial charge < -0.3 is 15.6 Å². The maximum absolute atomic E-state index is 6.00. The van der Waals surface area contributed by atoms with Crippen molar-refractivity contribution in [2.24, 2.45) is 0 Å². The number of nitrogen functional groups attached to an aromatic ring is 1. The number of rotatable bonds is 3. The molecule has 2 aromatic rings. The lowest BCUT2D eigenvalue weighted by atomic mass is 10.2. The fourth-order valence-electron chi connectivity index (χ4n) is 2.26. The molecule has 0 fully saturated rings. The Hall–Kier alpha value is -1.48. The van der Waals surface area contributed by atoms with Crippen molar-refractivity contribution < 1.29 is 0 Å². The number of fused-ring (bicyclic) bond motifs is 1. The minimum atomic E-state index is 0.447. The summed E-state index contributed by atoms with van der Waals surface area (Å²) in [6.07, 6.45) is 0. The SMILES string of the molecule is CNCc1cc2c(N)cccc2n1C(C)C. The van der Waals surface area contributed by atoms with Gasteiger partial charge in [-0.05, 0) is 39.1 Å². The van der Waals surface area contributed by atoms with Crippen LogP contribution in [0.4, 0.5) is 5.69 Å². The predicted octanol–water partition coefficient (Wildman–Crippen LogP) is 2.52. The molecule has 2 rings (SSSR count). The molecule has 0 amide bonds. The van der Waals surface area contributed by atoms with E-state index < -0.39 is 0 Å². The van der Waals surface area contributed by atoms with Crippen molar-refractivity contribution in [3.8, 4) is 0 Å². The second-order valence-electron chi connectivity index (χ2n) is 4.41. The molecule has 0 aliphatic carbocycles. The summed E-state index contributed by atoms with van der Waals surface area (Å²) in [5.74, 6) is 0. The van der Waals surface area contributed by atoms with Crippen LogP contribution in [0, 0.1) is 0 Å².